The van der Waals surface area contributed by atoms with Gasteiger partial charge in [-0.15, -0.1) is 0 Å². The fraction of sp³-hybridized carbons (Fsp3) is 0.200. The van der Waals surface area contributed by atoms with Crippen molar-refractivity contribution < 1.29 is 31.1 Å². The van der Waals surface area contributed by atoms with Gasteiger partial charge >= 0.3 is 6.18 Å². The lowest BCUT2D eigenvalue weighted by atomic mass is 10.2. The molecule has 0 aliphatic rings. The van der Waals surface area contributed by atoms with E-state index in [0.717, 1.165) is 12.1 Å². The molecule has 0 bridgehead atoms. The average molecular weight is 361 g/mol. The molecule has 0 aliphatic heterocycles. The Morgan fingerprint density at radius 2 is 1.50 bits per heavy atom. The lowest BCUT2D eigenvalue weighted by Crippen LogP contribution is -2.13. The molecule has 0 fully saturated rings. The third-order valence-electron chi connectivity index (χ3n) is 3.13. The van der Waals surface area contributed by atoms with Crippen LogP contribution < -0.4 is 14.2 Å². The van der Waals surface area contributed by atoms with E-state index in [4.69, 9.17) is 9.47 Å². The van der Waals surface area contributed by atoms with Gasteiger partial charge in [0, 0.05) is 6.07 Å². The van der Waals surface area contributed by atoms with Gasteiger partial charge in [0.15, 0.2) is 11.5 Å². The fourth-order valence-electron chi connectivity index (χ4n) is 1.94. The average Bonchev–Trinajstić information content (AvgIpc) is 2.53. The SMILES string of the molecule is COc1ccc(NS(=O)(=O)c2ccc(C(F)(F)F)cc2)cc1OC. The molecule has 0 heterocycles. The number of ether oxygens (including phenoxy) is 2. The van der Waals surface area contributed by atoms with Crippen molar-refractivity contribution in [2.45, 2.75) is 11.1 Å². The van der Waals surface area contributed by atoms with Crippen LogP contribution in [0.3, 0.4) is 0 Å². The summed E-state index contributed by atoms with van der Waals surface area (Å²) < 4.78 is 74.5. The summed E-state index contributed by atoms with van der Waals surface area (Å²) in [5.74, 6) is 0.722. The molecule has 0 atom stereocenters. The highest BCUT2D eigenvalue weighted by Crippen LogP contribution is 2.32. The van der Waals surface area contributed by atoms with Crippen molar-refractivity contribution in [2.24, 2.45) is 0 Å². The molecule has 2 aromatic carbocycles. The second-order valence-electron chi connectivity index (χ2n) is 4.70. The topological polar surface area (TPSA) is 64.6 Å². The van der Waals surface area contributed by atoms with E-state index in [1.165, 1.54) is 32.4 Å². The van der Waals surface area contributed by atoms with Crippen LogP contribution in [-0.2, 0) is 16.2 Å². The lowest BCUT2D eigenvalue weighted by Gasteiger charge is -2.12. The maximum absolute atomic E-state index is 12.5. The Labute approximate surface area is 137 Å². The molecule has 0 amide bonds. The van der Waals surface area contributed by atoms with Crippen LogP contribution >= 0.6 is 0 Å². The molecule has 0 aliphatic carbocycles. The number of benzene rings is 2. The molecular weight excluding hydrogens is 347 g/mol. The third-order valence-corrected chi connectivity index (χ3v) is 4.52. The number of methoxy groups -OCH3 is 2. The van der Waals surface area contributed by atoms with E-state index in [1.54, 1.807) is 0 Å². The van der Waals surface area contributed by atoms with E-state index in [2.05, 4.69) is 4.72 Å². The Morgan fingerprint density at radius 3 is 2.00 bits per heavy atom. The van der Waals surface area contributed by atoms with Crippen LogP contribution in [0.4, 0.5) is 18.9 Å². The van der Waals surface area contributed by atoms with Crippen LogP contribution in [0.15, 0.2) is 47.4 Å². The minimum absolute atomic E-state index is 0.188. The number of hydrogen-bond acceptors (Lipinski definition) is 4. The smallest absolute Gasteiger partial charge is 0.416 e. The van der Waals surface area contributed by atoms with Gasteiger partial charge in [0.2, 0.25) is 0 Å². The first-order valence-electron chi connectivity index (χ1n) is 6.59. The van der Waals surface area contributed by atoms with Crippen molar-refractivity contribution in [1.82, 2.24) is 0 Å². The van der Waals surface area contributed by atoms with Crippen LogP contribution in [-0.4, -0.2) is 22.6 Å². The molecule has 24 heavy (non-hydrogen) atoms. The van der Waals surface area contributed by atoms with E-state index in [1.807, 2.05) is 0 Å². The van der Waals surface area contributed by atoms with E-state index >= 15 is 0 Å². The maximum Gasteiger partial charge on any atom is 0.416 e. The van der Waals surface area contributed by atoms with Crippen LogP contribution in [0.2, 0.25) is 0 Å². The summed E-state index contributed by atoms with van der Waals surface area (Å²) in [6, 6.07) is 7.57. The van der Waals surface area contributed by atoms with E-state index in [-0.39, 0.29) is 10.6 Å². The van der Waals surface area contributed by atoms with Gasteiger partial charge in [0.1, 0.15) is 0 Å². The Bertz CT molecular complexity index is 818. The van der Waals surface area contributed by atoms with Gasteiger partial charge in [-0.1, -0.05) is 0 Å². The van der Waals surface area contributed by atoms with Gasteiger partial charge in [-0.2, -0.15) is 13.2 Å². The molecule has 130 valence electrons. The highest BCUT2D eigenvalue weighted by atomic mass is 32.2. The molecule has 0 spiro atoms. The summed E-state index contributed by atoms with van der Waals surface area (Å²) in [6.07, 6.45) is -4.53. The second-order valence-corrected chi connectivity index (χ2v) is 6.38. The molecule has 5 nitrogen and oxygen atoms in total. The zero-order valence-corrected chi connectivity index (χ0v) is 13.5. The molecule has 2 aromatic rings. The Hall–Kier alpha value is -2.42. The molecule has 1 N–H and O–H groups in total. The normalized spacial score (nSPS) is 11.9. The predicted octanol–water partition coefficient (Wildman–Crippen LogP) is 3.52. The third kappa shape index (κ3) is 3.91. The maximum atomic E-state index is 12.5. The van der Waals surface area contributed by atoms with Crippen molar-refractivity contribution in [2.75, 3.05) is 18.9 Å². The summed E-state index contributed by atoms with van der Waals surface area (Å²) in [5.41, 5.74) is -0.736. The van der Waals surface area contributed by atoms with E-state index < -0.39 is 21.8 Å². The number of hydrogen-bond donors (Lipinski definition) is 1. The molecular formula is C15H14F3NO4S. The lowest BCUT2D eigenvalue weighted by molar-refractivity contribution is -0.137. The Balaban J connectivity index is 2.28. The molecule has 0 saturated heterocycles. The molecule has 9 heteroatoms. The fourth-order valence-corrected chi connectivity index (χ4v) is 2.99. The summed E-state index contributed by atoms with van der Waals surface area (Å²) in [7, 11) is -1.20. The molecule has 2 rings (SSSR count). The van der Waals surface area contributed by atoms with Gasteiger partial charge in [-0.05, 0) is 36.4 Å². The number of anilines is 1. The van der Waals surface area contributed by atoms with Gasteiger partial charge in [-0.3, -0.25) is 4.72 Å². The van der Waals surface area contributed by atoms with Crippen molar-refractivity contribution in [3.63, 3.8) is 0 Å². The standard InChI is InChI=1S/C15H14F3NO4S/c1-22-13-8-5-11(9-14(13)23-2)19-24(20,21)12-6-3-10(4-7-12)15(16,17)18/h3-9,19H,1-2H3. The highest BCUT2D eigenvalue weighted by molar-refractivity contribution is 7.92. The quantitative estimate of drug-likeness (QED) is 0.885. The first-order chi connectivity index (χ1) is 11.2. The Kier molecular flexibility index (Phi) is 4.93. The Morgan fingerprint density at radius 1 is 0.917 bits per heavy atom. The first-order valence-corrected chi connectivity index (χ1v) is 8.08. The van der Waals surface area contributed by atoms with Crippen molar-refractivity contribution in [1.29, 1.82) is 0 Å². The number of rotatable bonds is 5. The van der Waals surface area contributed by atoms with Crippen molar-refractivity contribution >= 4 is 15.7 Å². The van der Waals surface area contributed by atoms with E-state index in [0.29, 0.717) is 23.6 Å². The summed E-state index contributed by atoms with van der Waals surface area (Å²) in [4.78, 5) is -0.287. The van der Waals surface area contributed by atoms with Crippen molar-refractivity contribution in [3.05, 3.63) is 48.0 Å². The second kappa shape index (κ2) is 6.60. The van der Waals surface area contributed by atoms with Gasteiger partial charge < -0.3 is 9.47 Å². The zero-order chi connectivity index (χ0) is 18.0. The largest absolute Gasteiger partial charge is 0.493 e. The number of halogens is 3. The van der Waals surface area contributed by atoms with Crippen LogP contribution in [0, 0.1) is 0 Å². The zero-order valence-electron chi connectivity index (χ0n) is 12.7. The number of sulfonamides is 1. The molecule has 0 saturated carbocycles. The summed E-state index contributed by atoms with van der Waals surface area (Å²) in [5, 5.41) is 0. The minimum Gasteiger partial charge on any atom is -0.493 e. The number of nitrogens with one attached hydrogen (secondary N) is 1. The van der Waals surface area contributed by atoms with Crippen LogP contribution in [0.1, 0.15) is 5.56 Å². The monoisotopic (exact) mass is 361 g/mol. The minimum atomic E-state index is -4.53. The van der Waals surface area contributed by atoms with Crippen LogP contribution in [0.5, 0.6) is 11.5 Å². The van der Waals surface area contributed by atoms with Gasteiger partial charge in [0.25, 0.3) is 10.0 Å². The highest BCUT2D eigenvalue weighted by Gasteiger charge is 2.30. The van der Waals surface area contributed by atoms with E-state index in [9.17, 15) is 21.6 Å². The first kappa shape index (κ1) is 17.9. The number of alkyl halides is 3. The molecule has 0 unspecified atom stereocenters. The van der Waals surface area contributed by atoms with Crippen LogP contribution in [0.25, 0.3) is 0 Å². The van der Waals surface area contributed by atoms with Gasteiger partial charge in [0.05, 0.1) is 30.4 Å². The molecule has 0 aromatic heterocycles. The molecule has 0 radical (unpaired) electrons. The summed E-state index contributed by atoms with van der Waals surface area (Å²) in [6.45, 7) is 0. The van der Waals surface area contributed by atoms with Crippen molar-refractivity contribution in [3.8, 4) is 11.5 Å². The summed E-state index contributed by atoms with van der Waals surface area (Å²) >= 11 is 0. The van der Waals surface area contributed by atoms with Gasteiger partial charge in [-0.25, -0.2) is 8.42 Å². The predicted molar refractivity (Wildman–Crippen MR) is 81.8 cm³/mol.